The summed E-state index contributed by atoms with van der Waals surface area (Å²) in [4.78, 5) is 21.4. The van der Waals surface area contributed by atoms with Crippen LogP contribution in [0, 0.1) is 0 Å². The molecule has 1 atom stereocenters. The van der Waals surface area contributed by atoms with Gasteiger partial charge in [-0.2, -0.15) is 0 Å². The second-order valence-electron chi connectivity index (χ2n) is 4.30. The molecule has 1 aromatic carbocycles. The zero-order valence-electron chi connectivity index (χ0n) is 9.93. The maximum absolute atomic E-state index is 11.0. The van der Waals surface area contributed by atoms with E-state index in [0.717, 1.165) is 24.0 Å². The number of amides is 1. The number of nitrogens with one attached hydrogen (secondary N) is 1. The van der Waals surface area contributed by atoms with Crippen LogP contribution in [0.25, 0.3) is 5.57 Å². The molecule has 0 saturated heterocycles. The molecule has 1 aliphatic carbocycles. The number of hydrogen-bond donors (Lipinski definition) is 2. The highest BCUT2D eigenvalue weighted by Gasteiger charge is 2.21. The van der Waals surface area contributed by atoms with E-state index in [4.69, 9.17) is 5.11 Å². The lowest BCUT2D eigenvalue weighted by Crippen LogP contribution is -2.36. The number of allylic oxidation sites excluding steroid dienone is 1. The molecule has 0 heterocycles. The van der Waals surface area contributed by atoms with Gasteiger partial charge in [0.05, 0.1) is 0 Å². The van der Waals surface area contributed by atoms with Crippen LogP contribution in [0.3, 0.4) is 0 Å². The Kier molecular flexibility index (Phi) is 3.77. The van der Waals surface area contributed by atoms with Crippen molar-refractivity contribution in [2.24, 2.45) is 0 Å². The van der Waals surface area contributed by atoms with Gasteiger partial charge in [-0.05, 0) is 29.5 Å². The van der Waals surface area contributed by atoms with Crippen molar-refractivity contribution in [1.82, 2.24) is 5.32 Å². The smallest absolute Gasteiger partial charge is 0.326 e. The van der Waals surface area contributed by atoms with Gasteiger partial charge in [0.25, 0.3) is 0 Å². The summed E-state index contributed by atoms with van der Waals surface area (Å²) < 4.78 is 0. The largest absolute Gasteiger partial charge is 0.480 e. The maximum Gasteiger partial charge on any atom is 0.326 e. The summed E-state index contributed by atoms with van der Waals surface area (Å²) in [5.74, 6) is -1.01. The molecule has 2 rings (SSSR count). The van der Waals surface area contributed by atoms with E-state index < -0.39 is 12.0 Å². The van der Waals surface area contributed by atoms with Crippen LogP contribution in [0.1, 0.15) is 24.0 Å². The first kappa shape index (κ1) is 12.4. The van der Waals surface area contributed by atoms with Gasteiger partial charge in [-0.1, -0.05) is 30.3 Å². The summed E-state index contributed by atoms with van der Waals surface area (Å²) in [5.41, 5.74) is 3.34. The number of carboxylic acid groups (broad SMARTS) is 1. The van der Waals surface area contributed by atoms with Crippen LogP contribution in [0.4, 0.5) is 0 Å². The quantitative estimate of drug-likeness (QED) is 0.774. The van der Waals surface area contributed by atoms with Crippen molar-refractivity contribution in [1.29, 1.82) is 0 Å². The molecule has 0 radical (unpaired) electrons. The molecule has 0 aromatic heterocycles. The maximum atomic E-state index is 11.0. The lowest BCUT2D eigenvalue weighted by atomic mass is 9.87. The van der Waals surface area contributed by atoms with Crippen LogP contribution in [-0.4, -0.2) is 23.5 Å². The van der Waals surface area contributed by atoms with Crippen molar-refractivity contribution in [2.75, 3.05) is 0 Å². The Morgan fingerprint density at radius 1 is 1.44 bits per heavy atom. The number of benzene rings is 1. The predicted octanol–water partition coefficient (Wildman–Crippen LogP) is 1.61. The number of hydrogen-bond acceptors (Lipinski definition) is 2. The van der Waals surface area contributed by atoms with Crippen molar-refractivity contribution in [3.63, 3.8) is 0 Å². The number of carbonyl (C=O) groups excluding carboxylic acids is 1. The lowest BCUT2D eigenvalue weighted by Gasteiger charge is -2.20. The fourth-order valence-electron chi connectivity index (χ4n) is 2.28. The minimum absolute atomic E-state index is 0.324. The Hall–Kier alpha value is -2.10. The fourth-order valence-corrected chi connectivity index (χ4v) is 2.28. The molecule has 4 nitrogen and oxygen atoms in total. The van der Waals surface area contributed by atoms with Crippen LogP contribution < -0.4 is 5.32 Å². The summed E-state index contributed by atoms with van der Waals surface area (Å²) in [6, 6.07) is 7.13. The lowest BCUT2D eigenvalue weighted by molar-refractivity contribution is -0.140. The summed E-state index contributed by atoms with van der Waals surface area (Å²) in [6.07, 6.45) is 4.72. The van der Waals surface area contributed by atoms with E-state index in [1.54, 1.807) is 0 Å². The number of fused-ring (bicyclic) bond motifs is 1. The molecule has 1 amide bonds. The highest BCUT2D eigenvalue weighted by Crippen LogP contribution is 2.29. The summed E-state index contributed by atoms with van der Waals surface area (Å²) in [7, 11) is 0. The number of carbonyl (C=O) groups is 2. The highest BCUT2D eigenvalue weighted by atomic mass is 16.4. The zero-order valence-corrected chi connectivity index (χ0v) is 9.93. The first-order valence-electron chi connectivity index (χ1n) is 5.92. The Balaban J connectivity index is 2.21. The molecule has 0 saturated carbocycles. The number of carboxylic acids is 1. The Bertz CT molecular complexity index is 494. The molecule has 0 fully saturated rings. The molecule has 0 aliphatic heterocycles. The van der Waals surface area contributed by atoms with Crippen molar-refractivity contribution in [3.8, 4) is 0 Å². The first-order valence-corrected chi connectivity index (χ1v) is 5.92. The van der Waals surface area contributed by atoms with Gasteiger partial charge < -0.3 is 10.4 Å². The van der Waals surface area contributed by atoms with Gasteiger partial charge in [0, 0.05) is 6.42 Å². The Morgan fingerprint density at radius 3 is 2.94 bits per heavy atom. The number of aryl methyl sites for hydroxylation is 1. The van der Waals surface area contributed by atoms with E-state index in [-0.39, 0.29) is 0 Å². The molecule has 94 valence electrons. The zero-order chi connectivity index (χ0) is 13.0. The highest BCUT2D eigenvalue weighted by molar-refractivity contribution is 5.81. The second kappa shape index (κ2) is 5.49. The third kappa shape index (κ3) is 2.59. The van der Waals surface area contributed by atoms with E-state index in [0.29, 0.717) is 12.8 Å². The molecule has 1 aliphatic rings. The predicted molar refractivity (Wildman–Crippen MR) is 68.0 cm³/mol. The van der Waals surface area contributed by atoms with E-state index in [2.05, 4.69) is 17.5 Å². The van der Waals surface area contributed by atoms with Crippen LogP contribution in [0.15, 0.2) is 30.3 Å². The van der Waals surface area contributed by atoms with E-state index in [1.807, 2.05) is 18.2 Å². The summed E-state index contributed by atoms with van der Waals surface area (Å²) >= 11 is 0. The fraction of sp³-hybridized carbons (Fsp3) is 0.286. The molecule has 0 spiro atoms. The third-order valence-corrected chi connectivity index (χ3v) is 3.16. The van der Waals surface area contributed by atoms with Gasteiger partial charge in [0.1, 0.15) is 6.04 Å². The summed E-state index contributed by atoms with van der Waals surface area (Å²) in [5, 5.41) is 11.4. The third-order valence-electron chi connectivity index (χ3n) is 3.16. The standard InChI is InChI=1S/C14H15NO3/c16-9-15-13(14(17)18)8-11-6-3-5-10-4-1-2-7-12(10)11/h1-2,4,6-7,9,13H,3,5,8H2,(H,15,16)(H,17,18). The summed E-state index contributed by atoms with van der Waals surface area (Å²) in [6.45, 7) is 0. The van der Waals surface area contributed by atoms with E-state index >= 15 is 0 Å². The average molecular weight is 245 g/mol. The van der Waals surface area contributed by atoms with Crippen LogP contribution in [0.5, 0.6) is 0 Å². The average Bonchev–Trinajstić information content (AvgIpc) is 2.38. The van der Waals surface area contributed by atoms with Crippen LogP contribution in [-0.2, 0) is 16.0 Å². The van der Waals surface area contributed by atoms with Crippen LogP contribution >= 0.6 is 0 Å². The van der Waals surface area contributed by atoms with Crippen molar-refractivity contribution in [2.45, 2.75) is 25.3 Å². The molecule has 2 N–H and O–H groups in total. The molecule has 0 bridgehead atoms. The molecular weight excluding hydrogens is 230 g/mol. The van der Waals surface area contributed by atoms with Crippen molar-refractivity contribution < 1.29 is 14.7 Å². The normalized spacial score (nSPS) is 15.2. The van der Waals surface area contributed by atoms with Gasteiger partial charge >= 0.3 is 5.97 Å². The van der Waals surface area contributed by atoms with Crippen molar-refractivity contribution in [3.05, 3.63) is 41.5 Å². The van der Waals surface area contributed by atoms with Gasteiger partial charge in [0.2, 0.25) is 6.41 Å². The molecular formula is C14H15NO3. The SMILES string of the molecule is O=CNC(CC1=CCCc2ccccc21)C(=O)O. The molecule has 1 aromatic rings. The van der Waals surface area contributed by atoms with Crippen molar-refractivity contribution >= 4 is 18.0 Å². The Labute approximate surface area is 105 Å². The van der Waals surface area contributed by atoms with Gasteiger partial charge in [0.15, 0.2) is 0 Å². The van der Waals surface area contributed by atoms with Gasteiger partial charge in [-0.25, -0.2) is 4.79 Å². The van der Waals surface area contributed by atoms with Crippen LogP contribution in [0.2, 0.25) is 0 Å². The first-order chi connectivity index (χ1) is 8.72. The minimum Gasteiger partial charge on any atom is -0.480 e. The number of rotatable bonds is 5. The molecule has 18 heavy (non-hydrogen) atoms. The minimum atomic E-state index is -1.01. The molecule has 1 unspecified atom stereocenters. The van der Waals surface area contributed by atoms with Gasteiger partial charge in [-0.3, -0.25) is 4.79 Å². The molecule has 4 heteroatoms. The topological polar surface area (TPSA) is 66.4 Å². The van der Waals surface area contributed by atoms with E-state index in [1.165, 1.54) is 5.56 Å². The van der Waals surface area contributed by atoms with Gasteiger partial charge in [-0.15, -0.1) is 0 Å². The monoisotopic (exact) mass is 245 g/mol. The second-order valence-corrected chi connectivity index (χ2v) is 4.30. The Morgan fingerprint density at radius 2 is 2.22 bits per heavy atom. The van der Waals surface area contributed by atoms with E-state index in [9.17, 15) is 9.59 Å². The number of aliphatic carboxylic acids is 1.